The van der Waals surface area contributed by atoms with E-state index in [0.29, 0.717) is 19.4 Å². The molecule has 0 aliphatic heterocycles. The molecule has 0 radical (unpaired) electrons. The summed E-state index contributed by atoms with van der Waals surface area (Å²) < 4.78 is 17.3. The first kappa shape index (κ1) is 57.6. The lowest BCUT2D eigenvalue weighted by atomic mass is 10.0. The molecule has 0 aliphatic carbocycles. The highest BCUT2D eigenvalue weighted by Crippen LogP contribution is 2.15. The fourth-order valence-electron chi connectivity index (χ4n) is 7.25. The van der Waals surface area contributed by atoms with Crippen molar-refractivity contribution in [3.63, 3.8) is 0 Å². The van der Waals surface area contributed by atoms with Gasteiger partial charge < -0.3 is 14.2 Å². The number of hydrogen-bond donors (Lipinski definition) is 0. The molecule has 60 heavy (non-hydrogen) atoms. The number of esters is 2. The van der Waals surface area contributed by atoms with Crippen LogP contribution in [0.15, 0.2) is 60.8 Å². The van der Waals surface area contributed by atoms with E-state index < -0.39 is 6.10 Å². The van der Waals surface area contributed by atoms with Crippen molar-refractivity contribution in [1.29, 1.82) is 0 Å². The normalized spacial score (nSPS) is 12.7. The highest BCUT2D eigenvalue weighted by atomic mass is 16.6. The van der Waals surface area contributed by atoms with Crippen molar-refractivity contribution in [2.45, 2.75) is 258 Å². The van der Waals surface area contributed by atoms with Crippen molar-refractivity contribution in [3.8, 4) is 0 Å². The van der Waals surface area contributed by atoms with Crippen molar-refractivity contribution < 1.29 is 23.8 Å². The summed E-state index contributed by atoms with van der Waals surface area (Å²) in [5.74, 6) is -0.456. The summed E-state index contributed by atoms with van der Waals surface area (Å²) in [6, 6.07) is 0. The Morgan fingerprint density at radius 3 is 1.18 bits per heavy atom. The molecule has 0 fully saturated rings. The van der Waals surface area contributed by atoms with Crippen LogP contribution in [0.4, 0.5) is 0 Å². The first-order chi connectivity index (χ1) is 29.6. The topological polar surface area (TPSA) is 61.8 Å². The molecule has 0 amide bonds. The van der Waals surface area contributed by atoms with Crippen molar-refractivity contribution in [3.05, 3.63) is 60.8 Å². The van der Waals surface area contributed by atoms with Gasteiger partial charge in [-0.3, -0.25) is 9.59 Å². The molecule has 0 N–H and O–H groups in total. The maximum Gasteiger partial charge on any atom is 0.306 e. The van der Waals surface area contributed by atoms with Crippen molar-refractivity contribution in [1.82, 2.24) is 0 Å². The Morgan fingerprint density at radius 1 is 0.383 bits per heavy atom. The molecular weight excluding hydrogens is 741 g/mol. The van der Waals surface area contributed by atoms with E-state index in [9.17, 15) is 9.59 Å². The maximum absolute atomic E-state index is 12.8. The van der Waals surface area contributed by atoms with Gasteiger partial charge >= 0.3 is 11.9 Å². The quantitative estimate of drug-likeness (QED) is 0.0347. The molecule has 0 unspecified atom stereocenters. The zero-order valence-electron chi connectivity index (χ0n) is 40.0. The fourth-order valence-corrected chi connectivity index (χ4v) is 7.25. The molecule has 0 bridgehead atoms. The molecule has 0 rings (SSSR count). The molecular formula is C55H98O5. The monoisotopic (exact) mass is 839 g/mol. The molecule has 0 saturated carbocycles. The van der Waals surface area contributed by atoms with Gasteiger partial charge in [-0.05, 0) is 57.8 Å². The summed E-state index contributed by atoms with van der Waals surface area (Å²) >= 11 is 0. The van der Waals surface area contributed by atoms with Crippen LogP contribution in [0.25, 0.3) is 0 Å². The Labute approximate surface area is 373 Å². The van der Waals surface area contributed by atoms with Crippen molar-refractivity contribution in [2.75, 3.05) is 19.8 Å². The summed E-state index contributed by atoms with van der Waals surface area (Å²) in [6.45, 7) is 7.68. The van der Waals surface area contributed by atoms with Gasteiger partial charge in [-0.2, -0.15) is 0 Å². The van der Waals surface area contributed by atoms with Crippen LogP contribution in [-0.2, 0) is 23.8 Å². The average Bonchev–Trinajstić information content (AvgIpc) is 3.25. The number of carbonyl (C=O) groups is 2. The zero-order chi connectivity index (χ0) is 43.5. The molecule has 0 aromatic carbocycles. The molecule has 1 atom stereocenters. The summed E-state index contributed by atoms with van der Waals surface area (Å²) in [5, 5.41) is 0. The van der Waals surface area contributed by atoms with Gasteiger partial charge in [0, 0.05) is 19.4 Å². The van der Waals surface area contributed by atoms with Crippen molar-refractivity contribution in [2.24, 2.45) is 0 Å². The van der Waals surface area contributed by atoms with Gasteiger partial charge in [0.25, 0.3) is 0 Å². The number of unbranched alkanes of at least 4 members (excludes halogenated alkanes) is 26. The smallest absolute Gasteiger partial charge is 0.306 e. The maximum atomic E-state index is 12.8. The molecule has 0 saturated heterocycles. The second-order valence-corrected chi connectivity index (χ2v) is 17.1. The Bertz CT molecular complexity index is 1040. The van der Waals surface area contributed by atoms with Gasteiger partial charge in [-0.1, -0.05) is 242 Å². The minimum Gasteiger partial charge on any atom is -0.462 e. The zero-order valence-corrected chi connectivity index (χ0v) is 40.0. The van der Waals surface area contributed by atoms with Crippen LogP contribution >= 0.6 is 0 Å². The Morgan fingerprint density at radius 2 is 0.750 bits per heavy atom. The van der Waals surface area contributed by atoms with E-state index in [1.807, 2.05) is 0 Å². The fraction of sp³-hybridized carbons (Fsp3) is 0.782. The van der Waals surface area contributed by atoms with Crippen LogP contribution in [0.1, 0.15) is 252 Å². The second kappa shape index (κ2) is 51.0. The molecule has 0 heterocycles. The average molecular weight is 839 g/mol. The number of allylic oxidation sites excluding steroid dienone is 10. The van der Waals surface area contributed by atoms with Crippen LogP contribution in [0, 0.1) is 0 Å². The predicted molar refractivity (Wildman–Crippen MR) is 261 cm³/mol. The van der Waals surface area contributed by atoms with E-state index in [0.717, 1.165) is 70.6 Å². The van der Waals surface area contributed by atoms with E-state index in [4.69, 9.17) is 14.2 Å². The molecule has 0 aliphatic rings. The number of hydrogen-bond acceptors (Lipinski definition) is 5. The van der Waals surface area contributed by atoms with E-state index in [1.54, 1.807) is 0 Å². The standard InChI is InChI=1S/C55H98O5/c1-4-7-10-13-16-19-22-24-26-28-29-31-34-37-40-43-46-49-55(57)60-53(52-59-54(56)48-45-42-39-36-33-21-18-15-12-9-6-3)51-58-50-47-44-41-38-35-32-30-27-25-23-20-17-14-11-8-5-2/h7,10,16,19,24,26,29,31,37,40,53H,4-6,8-9,11-15,17-18,20-23,25,27-28,30,32-36,38-39,41-52H2,1-3H3/b10-7-,19-16-,26-24-,31-29-,40-37-/t53-/m1/s1. The predicted octanol–water partition coefficient (Wildman–Crippen LogP) is 17.3. The summed E-state index contributed by atoms with van der Waals surface area (Å²) in [5.41, 5.74) is 0. The van der Waals surface area contributed by atoms with Gasteiger partial charge in [0.1, 0.15) is 6.61 Å². The Kier molecular flexibility index (Phi) is 48.9. The first-order valence-corrected chi connectivity index (χ1v) is 25.8. The Balaban J connectivity index is 4.32. The van der Waals surface area contributed by atoms with Crippen LogP contribution in [0.3, 0.4) is 0 Å². The third-order valence-electron chi connectivity index (χ3n) is 11.1. The van der Waals surface area contributed by atoms with E-state index in [2.05, 4.69) is 81.5 Å². The number of ether oxygens (including phenoxy) is 3. The molecule has 0 aromatic rings. The van der Waals surface area contributed by atoms with Crippen molar-refractivity contribution >= 4 is 11.9 Å². The lowest BCUT2D eigenvalue weighted by molar-refractivity contribution is -0.162. The minimum absolute atomic E-state index is 0.0658. The van der Waals surface area contributed by atoms with Crippen LogP contribution in [-0.4, -0.2) is 37.9 Å². The Hall–Kier alpha value is -2.40. The van der Waals surface area contributed by atoms with E-state index in [1.165, 1.54) is 148 Å². The highest BCUT2D eigenvalue weighted by Gasteiger charge is 2.17. The highest BCUT2D eigenvalue weighted by molar-refractivity contribution is 5.70. The lowest BCUT2D eigenvalue weighted by Gasteiger charge is -2.18. The van der Waals surface area contributed by atoms with Crippen LogP contribution in [0.5, 0.6) is 0 Å². The lowest BCUT2D eigenvalue weighted by Crippen LogP contribution is -2.30. The largest absolute Gasteiger partial charge is 0.462 e. The minimum atomic E-state index is -0.562. The molecule has 348 valence electrons. The third-order valence-corrected chi connectivity index (χ3v) is 11.1. The van der Waals surface area contributed by atoms with Crippen LogP contribution < -0.4 is 0 Å². The van der Waals surface area contributed by atoms with Gasteiger partial charge in [0.05, 0.1) is 6.61 Å². The number of carbonyl (C=O) groups excluding carboxylic acids is 2. The van der Waals surface area contributed by atoms with Crippen LogP contribution in [0.2, 0.25) is 0 Å². The summed E-state index contributed by atoms with van der Waals surface area (Å²) in [7, 11) is 0. The second-order valence-electron chi connectivity index (χ2n) is 17.1. The number of rotatable bonds is 47. The SMILES string of the molecule is CC/C=C\C/C=C\C/C=C\C/C=C\C/C=C\CCCC(=O)O[C@H](COCCCCCCCCCCCCCCCCCC)COC(=O)CCCCCCCCCCCCC. The summed E-state index contributed by atoms with van der Waals surface area (Å²) in [6.07, 6.45) is 63.8. The summed E-state index contributed by atoms with van der Waals surface area (Å²) in [4.78, 5) is 25.3. The van der Waals surface area contributed by atoms with E-state index in [-0.39, 0.29) is 25.2 Å². The van der Waals surface area contributed by atoms with Gasteiger partial charge in [0.2, 0.25) is 0 Å². The third kappa shape index (κ3) is 48.3. The molecule has 5 nitrogen and oxygen atoms in total. The molecule has 5 heteroatoms. The molecule has 0 aromatic heterocycles. The first-order valence-electron chi connectivity index (χ1n) is 25.8. The van der Waals surface area contributed by atoms with Gasteiger partial charge in [0.15, 0.2) is 6.10 Å². The van der Waals surface area contributed by atoms with E-state index >= 15 is 0 Å². The molecule has 0 spiro atoms. The van der Waals surface area contributed by atoms with Gasteiger partial charge in [-0.15, -0.1) is 0 Å². The van der Waals surface area contributed by atoms with Gasteiger partial charge in [-0.25, -0.2) is 0 Å².